The first-order valence-corrected chi connectivity index (χ1v) is 12.0. The van der Waals surface area contributed by atoms with E-state index in [0.29, 0.717) is 11.6 Å². The van der Waals surface area contributed by atoms with Gasteiger partial charge in [-0.15, -0.1) is 0 Å². The van der Waals surface area contributed by atoms with E-state index in [-0.39, 0.29) is 22.4 Å². The fourth-order valence-electron chi connectivity index (χ4n) is 3.29. The first-order chi connectivity index (χ1) is 16.1. The molecule has 0 aliphatic rings. The monoisotopic (exact) mass is 485 g/mol. The Morgan fingerprint density at radius 3 is 2.53 bits per heavy atom. The number of rotatable bonds is 6. The number of hydrogen-bond acceptors (Lipinski definition) is 5. The van der Waals surface area contributed by atoms with Gasteiger partial charge in [-0.05, 0) is 29.8 Å². The lowest BCUT2D eigenvalue weighted by atomic mass is 9.97. The molecule has 174 valence electrons. The minimum Gasteiger partial charge on any atom is -0.341 e. The number of aromatic amines is 1. The molecule has 0 saturated heterocycles. The summed E-state index contributed by atoms with van der Waals surface area (Å²) in [5.74, 6) is -2.49. The van der Waals surface area contributed by atoms with Crippen LogP contribution in [0.5, 0.6) is 0 Å². The predicted molar refractivity (Wildman–Crippen MR) is 119 cm³/mol. The molecule has 0 aliphatic carbocycles. The normalized spacial score (nSPS) is 13.8. The molecule has 0 saturated carbocycles. The summed E-state index contributed by atoms with van der Waals surface area (Å²) in [6, 6.07) is 9.01. The maximum absolute atomic E-state index is 14.6. The molecule has 0 radical (unpaired) electrons. The average molecular weight is 485 g/mol. The first-order valence-electron chi connectivity index (χ1n) is 9.89. The summed E-state index contributed by atoms with van der Waals surface area (Å²) in [6.07, 6.45) is 4.10. The number of H-pyrrole nitrogens is 1. The van der Waals surface area contributed by atoms with Crippen molar-refractivity contribution in [1.82, 2.24) is 25.1 Å². The molecule has 0 fully saturated rings. The molecule has 12 heteroatoms. The molecular formula is C22H18F2N5O4P. The molecule has 9 nitrogen and oxygen atoms in total. The van der Waals surface area contributed by atoms with Gasteiger partial charge >= 0.3 is 0 Å². The lowest BCUT2D eigenvalue weighted by Gasteiger charge is -2.21. The topological polar surface area (TPSA) is 130 Å². The number of amides is 1. The van der Waals surface area contributed by atoms with Crippen LogP contribution >= 0.6 is 7.37 Å². The van der Waals surface area contributed by atoms with Crippen molar-refractivity contribution in [3.05, 3.63) is 106 Å². The van der Waals surface area contributed by atoms with Crippen LogP contribution in [-0.2, 0) is 4.57 Å². The van der Waals surface area contributed by atoms with Gasteiger partial charge in [0.2, 0.25) is 13.3 Å². The van der Waals surface area contributed by atoms with Crippen LogP contribution in [0.4, 0.5) is 8.78 Å². The van der Waals surface area contributed by atoms with Gasteiger partial charge in [0.1, 0.15) is 17.2 Å². The van der Waals surface area contributed by atoms with Gasteiger partial charge in [-0.2, -0.15) is 5.10 Å². The number of aromatic nitrogens is 4. The Morgan fingerprint density at radius 1 is 1.21 bits per heavy atom. The molecule has 2 aromatic carbocycles. The van der Waals surface area contributed by atoms with Crippen LogP contribution in [0.1, 0.15) is 27.5 Å². The molecular weight excluding hydrogens is 467 g/mol. The number of nitrogens with one attached hydrogen (secondary N) is 2. The average Bonchev–Trinajstić information content (AvgIpc) is 3.32. The summed E-state index contributed by atoms with van der Waals surface area (Å²) in [5.41, 5.74) is -0.815. The maximum Gasteiger partial charge on any atom is 0.265 e. The van der Waals surface area contributed by atoms with E-state index in [9.17, 15) is 27.8 Å². The van der Waals surface area contributed by atoms with Gasteiger partial charge in [0.05, 0.1) is 6.04 Å². The van der Waals surface area contributed by atoms with Crippen molar-refractivity contribution >= 4 is 18.6 Å². The van der Waals surface area contributed by atoms with Crippen LogP contribution < -0.4 is 16.2 Å². The van der Waals surface area contributed by atoms with Crippen LogP contribution in [0.15, 0.2) is 71.9 Å². The highest BCUT2D eigenvalue weighted by Gasteiger charge is 2.24. The van der Waals surface area contributed by atoms with E-state index in [2.05, 4.69) is 20.4 Å². The Morgan fingerprint density at radius 2 is 1.94 bits per heavy atom. The molecule has 2 heterocycles. The van der Waals surface area contributed by atoms with Crippen molar-refractivity contribution in [2.24, 2.45) is 0 Å². The Kier molecular flexibility index (Phi) is 6.23. The summed E-state index contributed by atoms with van der Waals surface area (Å²) < 4.78 is 41.3. The molecule has 3 N–H and O–H groups in total. The second-order valence-electron chi connectivity index (χ2n) is 7.44. The predicted octanol–water partition coefficient (Wildman–Crippen LogP) is 2.28. The van der Waals surface area contributed by atoms with E-state index in [0.717, 1.165) is 12.3 Å². The van der Waals surface area contributed by atoms with Gasteiger partial charge in [0, 0.05) is 42.2 Å². The van der Waals surface area contributed by atoms with Crippen molar-refractivity contribution in [3.63, 3.8) is 0 Å². The third kappa shape index (κ3) is 4.85. The molecule has 34 heavy (non-hydrogen) atoms. The summed E-state index contributed by atoms with van der Waals surface area (Å²) >= 11 is 0. The Balaban J connectivity index is 1.70. The van der Waals surface area contributed by atoms with Gasteiger partial charge in [0.15, 0.2) is 0 Å². The van der Waals surface area contributed by atoms with Crippen LogP contribution in [-0.4, -0.2) is 37.2 Å². The SMILES string of the molecule is CP(=O)(O)c1ccc(C(NC(=O)c2cnc(-n3cccn3)[nH]c2=O)c2ccc(F)cc2F)cc1. The fraction of sp³-hybridized carbons (Fsp3) is 0.0909. The molecule has 2 atom stereocenters. The quantitative estimate of drug-likeness (QED) is 0.360. The Labute approximate surface area is 191 Å². The van der Waals surface area contributed by atoms with Crippen molar-refractivity contribution in [2.75, 3.05) is 6.66 Å². The summed E-state index contributed by atoms with van der Waals surface area (Å²) in [5, 5.41) is 6.67. The first kappa shape index (κ1) is 23.2. The smallest absolute Gasteiger partial charge is 0.265 e. The number of carbonyl (C=O) groups is 1. The number of nitrogens with zero attached hydrogens (tertiary/aromatic N) is 3. The van der Waals surface area contributed by atoms with Crippen molar-refractivity contribution in [1.29, 1.82) is 0 Å². The van der Waals surface area contributed by atoms with Crippen molar-refractivity contribution in [2.45, 2.75) is 6.04 Å². The minimum absolute atomic E-state index is 0.0660. The van der Waals surface area contributed by atoms with Crippen LogP contribution in [0.25, 0.3) is 5.95 Å². The van der Waals surface area contributed by atoms with Crippen molar-refractivity contribution < 1.29 is 23.0 Å². The lowest BCUT2D eigenvalue weighted by molar-refractivity contribution is 0.0940. The molecule has 4 rings (SSSR count). The highest BCUT2D eigenvalue weighted by Crippen LogP contribution is 2.34. The lowest BCUT2D eigenvalue weighted by Crippen LogP contribution is -2.34. The van der Waals surface area contributed by atoms with Gasteiger partial charge < -0.3 is 10.2 Å². The highest BCUT2D eigenvalue weighted by molar-refractivity contribution is 7.65. The summed E-state index contributed by atoms with van der Waals surface area (Å²) in [6.45, 7) is 1.17. The summed E-state index contributed by atoms with van der Waals surface area (Å²) in [4.78, 5) is 41.7. The fourth-order valence-corrected chi connectivity index (χ4v) is 3.99. The number of halogens is 2. The second-order valence-corrected chi connectivity index (χ2v) is 9.72. The van der Waals surface area contributed by atoms with Gasteiger partial charge in [-0.25, -0.2) is 18.4 Å². The van der Waals surface area contributed by atoms with E-state index < -0.39 is 36.5 Å². The zero-order chi connectivity index (χ0) is 24.5. The zero-order valence-corrected chi connectivity index (χ0v) is 18.5. The number of hydrogen-bond donors (Lipinski definition) is 3. The number of benzene rings is 2. The van der Waals surface area contributed by atoms with E-state index in [4.69, 9.17) is 0 Å². The highest BCUT2D eigenvalue weighted by atomic mass is 31.2. The van der Waals surface area contributed by atoms with Gasteiger partial charge in [-0.1, -0.05) is 18.2 Å². The van der Waals surface area contributed by atoms with E-state index in [1.165, 1.54) is 47.9 Å². The van der Waals surface area contributed by atoms with Gasteiger partial charge in [0.25, 0.3) is 11.5 Å². The van der Waals surface area contributed by atoms with Gasteiger partial charge in [-0.3, -0.25) is 19.1 Å². The standard InChI is InChI=1S/C22H18F2N5O4P/c1-34(32,33)15-6-3-13(4-7-15)19(16-8-5-14(23)11-18(16)24)27-20(30)17-12-25-22(28-21(17)31)29-10-2-9-26-29/h2-12,19H,1H3,(H,27,30)(H,32,33)(H,25,28,31). The van der Waals surface area contributed by atoms with E-state index in [1.54, 1.807) is 12.3 Å². The maximum atomic E-state index is 14.6. The molecule has 4 aromatic rings. The second kappa shape index (κ2) is 9.12. The molecule has 2 aromatic heterocycles. The molecule has 2 unspecified atom stereocenters. The third-order valence-electron chi connectivity index (χ3n) is 5.01. The molecule has 0 aliphatic heterocycles. The zero-order valence-electron chi connectivity index (χ0n) is 17.6. The van der Waals surface area contributed by atoms with Crippen LogP contribution in [0.2, 0.25) is 0 Å². The Bertz CT molecular complexity index is 1450. The minimum atomic E-state index is -3.54. The van der Waals surface area contributed by atoms with Crippen LogP contribution in [0, 0.1) is 11.6 Å². The largest absolute Gasteiger partial charge is 0.341 e. The molecule has 1 amide bonds. The molecule has 0 bridgehead atoms. The molecule has 0 spiro atoms. The third-order valence-corrected chi connectivity index (χ3v) is 6.26. The van der Waals surface area contributed by atoms with E-state index >= 15 is 0 Å². The van der Waals surface area contributed by atoms with E-state index in [1.807, 2.05) is 0 Å². The Hall–Kier alpha value is -3.95. The number of carbonyl (C=O) groups excluding carboxylic acids is 1. The summed E-state index contributed by atoms with van der Waals surface area (Å²) in [7, 11) is -3.54. The van der Waals surface area contributed by atoms with Crippen molar-refractivity contribution in [3.8, 4) is 5.95 Å². The van der Waals surface area contributed by atoms with Crippen LogP contribution in [0.3, 0.4) is 0 Å².